The summed E-state index contributed by atoms with van der Waals surface area (Å²) in [7, 11) is 0. The molecular formula is C24H28N2O8. The maximum Gasteiger partial charge on any atom is 0.255 e. The van der Waals surface area contributed by atoms with Crippen LogP contribution in [-0.4, -0.2) is 61.7 Å². The van der Waals surface area contributed by atoms with Gasteiger partial charge in [-0.2, -0.15) is 0 Å². The monoisotopic (exact) mass is 472 g/mol. The molecule has 0 aliphatic heterocycles. The Morgan fingerprint density at radius 2 is 1.76 bits per heavy atom. The summed E-state index contributed by atoms with van der Waals surface area (Å²) in [6, 6.07) is 2.96. The lowest BCUT2D eigenvalue weighted by Crippen LogP contribution is -2.60. The van der Waals surface area contributed by atoms with Crippen LogP contribution in [0, 0.1) is 11.8 Å². The van der Waals surface area contributed by atoms with Crippen molar-refractivity contribution in [3.63, 3.8) is 0 Å². The molecule has 0 bridgehead atoms. The first-order valence-corrected chi connectivity index (χ1v) is 11.1. The van der Waals surface area contributed by atoms with Gasteiger partial charge >= 0.3 is 0 Å². The highest BCUT2D eigenvalue weighted by molar-refractivity contribution is 6.22. The highest BCUT2D eigenvalue weighted by Crippen LogP contribution is 2.58. The molecule has 0 radical (unpaired) electrons. The van der Waals surface area contributed by atoms with Crippen LogP contribution in [0.25, 0.3) is 5.76 Å². The Kier molecular flexibility index (Phi) is 5.30. The molecule has 1 aromatic carbocycles. The van der Waals surface area contributed by atoms with E-state index in [9.17, 15) is 39.9 Å². The van der Waals surface area contributed by atoms with Crippen LogP contribution in [0.4, 0.5) is 5.69 Å². The standard InChI is InChI=1S/C24H28N2O8/c1-4-26(5-2)12-6-7-13(27)16-18(12)23(3,33)11-8-10-9-14(28)17(22(25)32)21(31)24(10,34)20(30)15(11)19(16)29/h6-7,10-11,27,29,31,33-34H,4-5,8-9H2,1-3H3,(H2,25,32)/t10-,11-,23+,24-/m0/s1. The van der Waals surface area contributed by atoms with Crippen LogP contribution in [0.2, 0.25) is 0 Å². The average molecular weight is 472 g/mol. The molecule has 0 unspecified atom stereocenters. The first-order valence-electron chi connectivity index (χ1n) is 11.1. The smallest absolute Gasteiger partial charge is 0.255 e. The summed E-state index contributed by atoms with van der Waals surface area (Å²) in [5, 5.41) is 55.6. The number of nitrogens with zero attached hydrogens (tertiary/aromatic N) is 1. The van der Waals surface area contributed by atoms with E-state index >= 15 is 0 Å². The zero-order chi connectivity index (χ0) is 25.3. The minimum atomic E-state index is -2.68. The lowest BCUT2D eigenvalue weighted by atomic mass is 9.55. The van der Waals surface area contributed by atoms with E-state index in [0.29, 0.717) is 18.8 Å². The van der Waals surface area contributed by atoms with Crippen molar-refractivity contribution in [1.29, 1.82) is 0 Å². The van der Waals surface area contributed by atoms with Gasteiger partial charge in [-0.15, -0.1) is 0 Å². The number of phenolic OH excluding ortho intramolecular Hbond substituents is 1. The normalized spacial score (nSPS) is 30.6. The number of hydrogen-bond acceptors (Lipinski definition) is 9. The number of hydrogen-bond donors (Lipinski definition) is 6. The molecule has 0 spiro atoms. The number of benzene rings is 1. The topological polar surface area (TPSA) is 182 Å². The Bertz CT molecular complexity index is 1190. The molecule has 1 aromatic rings. The fourth-order valence-electron chi connectivity index (χ4n) is 5.81. The van der Waals surface area contributed by atoms with Crippen LogP contribution in [-0.2, 0) is 20.0 Å². The molecule has 1 saturated carbocycles. The predicted molar refractivity (Wildman–Crippen MR) is 121 cm³/mol. The molecule has 0 saturated heterocycles. The van der Waals surface area contributed by atoms with Crippen molar-refractivity contribution < 1.29 is 39.9 Å². The number of carbonyl (C=O) groups is 3. The average Bonchev–Trinajstić information content (AvgIpc) is 2.75. The van der Waals surface area contributed by atoms with Crippen LogP contribution >= 0.6 is 0 Å². The summed E-state index contributed by atoms with van der Waals surface area (Å²) in [4.78, 5) is 39.8. The van der Waals surface area contributed by atoms with Crippen molar-refractivity contribution >= 4 is 28.9 Å². The Labute approximate surface area is 195 Å². The molecule has 3 aliphatic carbocycles. The lowest BCUT2D eigenvalue weighted by Gasteiger charge is -2.50. The van der Waals surface area contributed by atoms with Crippen LogP contribution in [0.15, 0.2) is 29.0 Å². The number of Topliss-reactive ketones (excluding diaryl/α,β-unsaturated/α-hetero) is 2. The van der Waals surface area contributed by atoms with E-state index in [0.717, 1.165) is 0 Å². The molecule has 34 heavy (non-hydrogen) atoms. The number of amides is 1. The number of ketones is 2. The van der Waals surface area contributed by atoms with E-state index < -0.39 is 69.6 Å². The molecule has 182 valence electrons. The molecule has 0 heterocycles. The highest BCUT2D eigenvalue weighted by Gasteiger charge is 2.63. The molecule has 10 heteroatoms. The highest BCUT2D eigenvalue weighted by atomic mass is 16.3. The zero-order valence-electron chi connectivity index (χ0n) is 19.1. The summed E-state index contributed by atoms with van der Waals surface area (Å²) in [5.41, 5.74) is 0.0848. The van der Waals surface area contributed by atoms with Crippen LogP contribution < -0.4 is 10.6 Å². The second-order valence-corrected chi connectivity index (χ2v) is 9.23. The van der Waals surface area contributed by atoms with Crippen molar-refractivity contribution in [2.24, 2.45) is 17.6 Å². The fourth-order valence-corrected chi connectivity index (χ4v) is 5.81. The van der Waals surface area contributed by atoms with Gasteiger partial charge in [0.2, 0.25) is 5.78 Å². The fraction of sp³-hybridized carbons (Fsp3) is 0.458. The van der Waals surface area contributed by atoms with Crippen molar-refractivity contribution in [2.75, 3.05) is 18.0 Å². The van der Waals surface area contributed by atoms with Crippen molar-refractivity contribution in [1.82, 2.24) is 0 Å². The second-order valence-electron chi connectivity index (χ2n) is 9.23. The third kappa shape index (κ3) is 2.85. The van der Waals surface area contributed by atoms with Gasteiger partial charge in [0, 0.05) is 48.2 Å². The molecule has 7 N–H and O–H groups in total. The number of nitrogens with two attached hydrogens (primary N) is 1. The maximum absolute atomic E-state index is 13.6. The van der Waals surface area contributed by atoms with Crippen molar-refractivity contribution in [3.8, 4) is 5.75 Å². The second kappa shape index (κ2) is 7.57. The zero-order valence-corrected chi connectivity index (χ0v) is 19.1. The van der Waals surface area contributed by atoms with Gasteiger partial charge in [0.25, 0.3) is 5.91 Å². The van der Waals surface area contributed by atoms with Gasteiger partial charge in [-0.05, 0) is 39.3 Å². The number of aliphatic hydroxyl groups is 4. The summed E-state index contributed by atoms with van der Waals surface area (Å²) in [5.74, 6) is -7.67. The Hall–Kier alpha value is -3.37. The van der Waals surface area contributed by atoms with E-state index in [2.05, 4.69) is 0 Å². The predicted octanol–water partition coefficient (Wildman–Crippen LogP) is 0.935. The molecule has 3 aliphatic rings. The molecule has 4 atom stereocenters. The van der Waals surface area contributed by atoms with E-state index in [-0.39, 0.29) is 23.3 Å². The first kappa shape index (κ1) is 23.8. The van der Waals surface area contributed by atoms with Gasteiger partial charge in [-0.3, -0.25) is 14.4 Å². The number of rotatable bonds is 4. The van der Waals surface area contributed by atoms with E-state index in [4.69, 9.17) is 5.73 Å². The minimum Gasteiger partial charge on any atom is -0.508 e. The number of aliphatic hydroxyl groups excluding tert-OH is 2. The molecule has 10 nitrogen and oxygen atoms in total. The SMILES string of the molecule is CCN(CC)c1ccc(O)c2c1[C@](C)(O)[C@H]1C[C@H]3CC(=O)C(C(N)=O)=C(O)[C@@]3(O)C(=O)C1=C2O. The van der Waals surface area contributed by atoms with E-state index in [1.165, 1.54) is 13.0 Å². The lowest BCUT2D eigenvalue weighted by molar-refractivity contribution is -0.152. The third-order valence-corrected chi connectivity index (χ3v) is 7.55. The molecule has 1 amide bonds. The number of carbonyl (C=O) groups excluding carboxylic acids is 3. The number of anilines is 1. The van der Waals surface area contributed by atoms with Gasteiger partial charge in [0.15, 0.2) is 11.4 Å². The number of aromatic hydroxyl groups is 1. The van der Waals surface area contributed by atoms with Crippen LogP contribution in [0.5, 0.6) is 5.75 Å². The summed E-state index contributed by atoms with van der Waals surface area (Å²) in [6.45, 7) is 6.39. The molecular weight excluding hydrogens is 444 g/mol. The van der Waals surface area contributed by atoms with Gasteiger partial charge in [-0.1, -0.05) is 0 Å². The van der Waals surface area contributed by atoms with Crippen LogP contribution in [0.1, 0.15) is 44.7 Å². The summed E-state index contributed by atoms with van der Waals surface area (Å²) in [6.07, 6.45) is -0.621. The first-order chi connectivity index (χ1) is 15.8. The number of fused-ring (bicyclic) bond motifs is 3. The quantitative estimate of drug-likeness (QED) is 0.347. The summed E-state index contributed by atoms with van der Waals surface area (Å²) < 4.78 is 0. The summed E-state index contributed by atoms with van der Waals surface area (Å²) >= 11 is 0. The Morgan fingerprint density at radius 1 is 1.15 bits per heavy atom. The van der Waals surface area contributed by atoms with Gasteiger partial charge in [0.1, 0.15) is 22.8 Å². The Morgan fingerprint density at radius 3 is 2.32 bits per heavy atom. The molecule has 1 fully saturated rings. The number of primary amides is 1. The molecule has 0 aromatic heterocycles. The van der Waals surface area contributed by atoms with Crippen LogP contribution in [0.3, 0.4) is 0 Å². The largest absolute Gasteiger partial charge is 0.508 e. The van der Waals surface area contributed by atoms with Crippen molar-refractivity contribution in [3.05, 3.63) is 40.2 Å². The Balaban J connectivity index is 2.02. The van der Waals surface area contributed by atoms with E-state index in [1.54, 1.807) is 6.07 Å². The van der Waals surface area contributed by atoms with Gasteiger partial charge in [0.05, 0.1) is 11.2 Å². The third-order valence-electron chi connectivity index (χ3n) is 7.55. The minimum absolute atomic E-state index is 0.151. The maximum atomic E-state index is 13.6. The van der Waals surface area contributed by atoms with Gasteiger partial charge in [-0.25, -0.2) is 0 Å². The van der Waals surface area contributed by atoms with Crippen molar-refractivity contribution in [2.45, 2.75) is 44.8 Å². The molecule has 4 rings (SSSR count). The van der Waals surface area contributed by atoms with Gasteiger partial charge < -0.3 is 36.2 Å². The number of phenols is 1. The van der Waals surface area contributed by atoms with E-state index in [1.807, 2.05) is 18.7 Å².